The highest BCUT2D eigenvalue weighted by molar-refractivity contribution is 7.88. The molecule has 10 nitrogen and oxygen atoms in total. The summed E-state index contributed by atoms with van der Waals surface area (Å²) in [4.78, 5) is 36.3. The second-order valence-corrected chi connectivity index (χ2v) is 11.2. The van der Waals surface area contributed by atoms with Crippen LogP contribution in [0.25, 0.3) is 0 Å². The Morgan fingerprint density at radius 2 is 1.84 bits per heavy atom. The summed E-state index contributed by atoms with van der Waals surface area (Å²) in [5, 5.41) is 5.85. The van der Waals surface area contributed by atoms with Crippen molar-refractivity contribution in [1.29, 1.82) is 0 Å². The van der Waals surface area contributed by atoms with E-state index >= 15 is 0 Å². The van der Waals surface area contributed by atoms with Crippen molar-refractivity contribution in [2.24, 2.45) is 0 Å². The van der Waals surface area contributed by atoms with Crippen LogP contribution >= 0.6 is 0 Å². The van der Waals surface area contributed by atoms with Crippen LogP contribution < -0.4 is 15.5 Å². The van der Waals surface area contributed by atoms with Crippen LogP contribution in [0.2, 0.25) is 0 Å². The van der Waals surface area contributed by atoms with Gasteiger partial charge in [0.25, 0.3) is 5.91 Å². The molecule has 4 heterocycles. The first-order valence-corrected chi connectivity index (χ1v) is 12.8. The maximum absolute atomic E-state index is 12.9. The number of fused-ring (bicyclic) bond motifs is 1. The number of sulfonamides is 1. The zero-order valence-electron chi connectivity index (χ0n) is 17.6. The molecule has 11 heteroatoms. The Morgan fingerprint density at radius 1 is 1.13 bits per heavy atom. The number of hydrogen-bond donors (Lipinski definition) is 2. The molecule has 2 amide bonds. The van der Waals surface area contributed by atoms with Gasteiger partial charge in [0.15, 0.2) is 0 Å². The molecule has 4 aliphatic rings. The molecule has 3 aliphatic heterocycles. The fraction of sp³-hybridized carbons (Fsp3) is 0.700. The second kappa shape index (κ2) is 7.40. The molecule has 1 aliphatic carbocycles. The minimum atomic E-state index is -3.17. The lowest BCUT2D eigenvalue weighted by molar-refractivity contribution is -0.126. The van der Waals surface area contributed by atoms with Gasteiger partial charge in [0, 0.05) is 43.4 Å². The number of carbonyl (C=O) groups is 2. The summed E-state index contributed by atoms with van der Waals surface area (Å²) in [6.45, 7) is 0.946. The van der Waals surface area contributed by atoms with Crippen LogP contribution in [0.5, 0.6) is 0 Å². The minimum Gasteiger partial charge on any atom is -0.351 e. The van der Waals surface area contributed by atoms with Crippen molar-refractivity contribution >= 4 is 33.6 Å². The Bertz CT molecular complexity index is 1020. The first kappa shape index (κ1) is 20.6. The van der Waals surface area contributed by atoms with E-state index in [9.17, 15) is 18.0 Å². The predicted molar refractivity (Wildman–Crippen MR) is 114 cm³/mol. The van der Waals surface area contributed by atoms with Gasteiger partial charge in [-0.2, -0.15) is 4.98 Å². The van der Waals surface area contributed by atoms with E-state index in [1.54, 1.807) is 6.20 Å². The molecule has 1 spiro atoms. The molecule has 1 saturated carbocycles. The number of amides is 2. The van der Waals surface area contributed by atoms with Crippen molar-refractivity contribution in [3.63, 3.8) is 0 Å². The highest BCUT2D eigenvalue weighted by atomic mass is 32.2. The molecular weight excluding hydrogens is 420 g/mol. The van der Waals surface area contributed by atoms with Crippen molar-refractivity contribution in [2.75, 3.05) is 29.6 Å². The monoisotopic (exact) mass is 448 g/mol. The molecule has 0 radical (unpaired) electrons. The number of imide groups is 1. The van der Waals surface area contributed by atoms with Gasteiger partial charge < -0.3 is 10.2 Å². The molecule has 168 valence electrons. The number of anilines is 2. The standard InChI is InChI=1S/C20H28N6O4S/c1-31(29,30)25-8-6-14(7-9-25)22-19-21-12-13-10-20(11-16(27)23-18(20)28)26(17(13)24-19)15-4-2-3-5-15/h12,14-15H,2-11H2,1H3,(H,21,22,24)(H,23,27,28). The van der Waals surface area contributed by atoms with Gasteiger partial charge in [0.2, 0.25) is 21.9 Å². The topological polar surface area (TPSA) is 125 Å². The number of aromatic nitrogens is 2. The Labute approximate surface area is 181 Å². The van der Waals surface area contributed by atoms with Crippen LogP contribution in [0.4, 0.5) is 11.8 Å². The fourth-order valence-corrected chi connectivity index (χ4v) is 6.45. The fourth-order valence-electron chi connectivity index (χ4n) is 5.57. The highest BCUT2D eigenvalue weighted by Gasteiger charge is 2.58. The van der Waals surface area contributed by atoms with Gasteiger partial charge in [-0.1, -0.05) is 12.8 Å². The summed E-state index contributed by atoms with van der Waals surface area (Å²) in [5.41, 5.74) is 0.0110. The van der Waals surface area contributed by atoms with Gasteiger partial charge in [-0.3, -0.25) is 14.9 Å². The number of nitrogens with one attached hydrogen (secondary N) is 2. The average Bonchev–Trinajstić information content (AvgIpc) is 3.39. The largest absolute Gasteiger partial charge is 0.351 e. The van der Waals surface area contributed by atoms with E-state index in [2.05, 4.69) is 20.5 Å². The van der Waals surface area contributed by atoms with Crippen LogP contribution in [0.1, 0.15) is 50.5 Å². The zero-order valence-corrected chi connectivity index (χ0v) is 18.4. The van der Waals surface area contributed by atoms with Crippen LogP contribution in [0.3, 0.4) is 0 Å². The Balaban J connectivity index is 1.39. The maximum Gasteiger partial charge on any atom is 0.253 e. The molecule has 1 atom stereocenters. The Morgan fingerprint density at radius 3 is 2.45 bits per heavy atom. The van der Waals surface area contributed by atoms with Crippen LogP contribution in [-0.4, -0.2) is 71.5 Å². The number of rotatable bonds is 4. The van der Waals surface area contributed by atoms with Crippen LogP contribution in [-0.2, 0) is 26.0 Å². The molecule has 0 aromatic carbocycles. The highest BCUT2D eigenvalue weighted by Crippen LogP contribution is 2.46. The third-order valence-corrected chi connectivity index (χ3v) is 8.39. The van der Waals surface area contributed by atoms with Gasteiger partial charge in [-0.25, -0.2) is 17.7 Å². The maximum atomic E-state index is 12.9. The molecule has 1 aromatic rings. The zero-order chi connectivity index (χ0) is 21.8. The Hall–Kier alpha value is -2.27. The summed E-state index contributed by atoms with van der Waals surface area (Å²) < 4.78 is 25.0. The van der Waals surface area contributed by atoms with E-state index in [0.717, 1.165) is 37.1 Å². The summed E-state index contributed by atoms with van der Waals surface area (Å²) in [7, 11) is -3.17. The molecule has 2 N–H and O–H groups in total. The number of piperidine rings is 1. The third-order valence-electron chi connectivity index (χ3n) is 7.09. The van der Waals surface area contributed by atoms with E-state index in [1.165, 1.54) is 10.6 Å². The third kappa shape index (κ3) is 3.57. The average molecular weight is 449 g/mol. The lowest BCUT2D eigenvalue weighted by atomic mass is 9.91. The first-order chi connectivity index (χ1) is 14.8. The van der Waals surface area contributed by atoms with Gasteiger partial charge in [-0.05, 0) is 25.7 Å². The van der Waals surface area contributed by atoms with Crippen molar-refractivity contribution < 1.29 is 18.0 Å². The molecule has 3 fully saturated rings. The van der Waals surface area contributed by atoms with E-state index < -0.39 is 15.6 Å². The molecule has 2 saturated heterocycles. The Kier molecular flexibility index (Phi) is 4.93. The van der Waals surface area contributed by atoms with Crippen LogP contribution in [0.15, 0.2) is 6.20 Å². The summed E-state index contributed by atoms with van der Waals surface area (Å²) in [6.07, 6.45) is 9.16. The molecule has 31 heavy (non-hydrogen) atoms. The van der Waals surface area contributed by atoms with Crippen molar-refractivity contribution in [3.05, 3.63) is 11.8 Å². The minimum absolute atomic E-state index is 0.0858. The summed E-state index contributed by atoms with van der Waals surface area (Å²) >= 11 is 0. The van der Waals surface area contributed by atoms with E-state index in [1.807, 2.05) is 0 Å². The van der Waals surface area contributed by atoms with E-state index in [4.69, 9.17) is 4.98 Å². The molecule has 1 unspecified atom stereocenters. The molecule has 5 rings (SSSR count). The SMILES string of the molecule is CS(=O)(=O)N1CCC(Nc2ncc3c(n2)N(C2CCCC2)C2(CC(=O)NC2=O)C3)CC1. The first-order valence-electron chi connectivity index (χ1n) is 11.0. The lowest BCUT2D eigenvalue weighted by Crippen LogP contribution is -2.56. The van der Waals surface area contributed by atoms with Gasteiger partial charge in [-0.15, -0.1) is 0 Å². The van der Waals surface area contributed by atoms with Crippen molar-refractivity contribution in [1.82, 2.24) is 19.6 Å². The molecule has 1 aromatic heterocycles. The van der Waals surface area contributed by atoms with Gasteiger partial charge in [0.05, 0.1) is 12.7 Å². The second-order valence-electron chi connectivity index (χ2n) is 9.19. The number of hydrogen-bond acceptors (Lipinski definition) is 8. The van der Waals surface area contributed by atoms with E-state index in [0.29, 0.717) is 38.3 Å². The van der Waals surface area contributed by atoms with Crippen LogP contribution in [0, 0.1) is 0 Å². The van der Waals surface area contributed by atoms with Crippen molar-refractivity contribution in [2.45, 2.75) is 69.0 Å². The smallest absolute Gasteiger partial charge is 0.253 e. The summed E-state index contributed by atoms with van der Waals surface area (Å²) in [5.74, 6) is 0.777. The lowest BCUT2D eigenvalue weighted by Gasteiger charge is -2.38. The molecular formula is C20H28N6O4S. The number of carbonyl (C=O) groups excluding carboxylic acids is 2. The normalized spacial score (nSPS) is 27.8. The van der Waals surface area contributed by atoms with Crippen molar-refractivity contribution in [3.8, 4) is 0 Å². The van der Waals surface area contributed by atoms with Gasteiger partial charge >= 0.3 is 0 Å². The predicted octanol–water partition coefficient (Wildman–Crippen LogP) is 0.403. The summed E-state index contributed by atoms with van der Waals surface area (Å²) in [6, 6.07) is 0.279. The quantitative estimate of drug-likeness (QED) is 0.635. The van der Waals surface area contributed by atoms with Gasteiger partial charge in [0.1, 0.15) is 11.4 Å². The number of nitrogens with zero attached hydrogens (tertiary/aromatic N) is 4. The molecule has 0 bridgehead atoms. The van der Waals surface area contributed by atoms with E-state index in [-0.39, 0.29) is 30.3 Å².